The molecule has 0 saturated carbocycles. The van der Waals surface area contributed by atoms with Gasteiger partial charge >= 0.3 is 0 Å². The average Bonchev–Trinajstić information content (AvgIpc) is 2.48. The number of aliphatic hydroxyl groups is 1. The molecular formula is C17H23NO3. The van der Waals surface area contributed by atoms with Crippen molar-refractivity contribution in [2.45, 2.75) is 32.7 Å². The fraction of sp³-hybridized carbons (Fsp3) is 0.471. The van der Waals surface area contributed by atoms with Gasteiger partial charge in [-0.25, -0.2) is 0 Å². The molecule has 1 aromatic rings. The van der Waals surface area contributed by atoms with E-state index in [-0.39, 0.29) is 25.2 Å². The van der Waals surface area contributed by atoms with Gasteiger partial charge in [-0.05, 0) is 31.0 Å². The van der Waals surface area contributed by atoms with Crippen LogP contribution in [0.5, 0.6) is 0 Å². The normalized spacial score (nSPS) is 11.4. The summed E-state index contributed by atoms with van der Waals surface area (Å²) in [5.41, 5.74) is 1.87. The van der Waals surface area contributed by atoms with E-state index in [4.69, 9.17) is 9.84 Å². The standard InChI is InChI=1S/C17H23NO3/c1-3-11-21-13-17(20)18-14(2)16-9-6-8-15(12-16)7-4-5-10-19/h6,8-9,12,14,19H,3,5,10-11,13H2,1-2H3,(H,18,20). The lowest BCUT2D eigenvalue weighted by Crippen LogP contribution is -2.30. The van der Waals surface area contributed by atoms with Gasteiger partial charge in [0.1, 0.15) is 6.61 Å². The highest BCUT2D eigenvalue weighted by Gasteiger charge is 2.09. The molecule has 114 valence electrons. The van der Waals surface area contributed by atoms with Gasteiger partial charge in [0.2, 0.25) is 5.91 Å². The number of carbonyl (C=O) groups is 1. The Morgan fingerprint density at radius 2 is 2.29 bits per heavy atom. The third-order valence-electron chi connectivity index (χ3n) is 2.82. The van der Waals surface area contributed by atoms with Crippen LogP contribution in [0, 0.1) is 11.8 Å². The van der Waals surface area contributed by atoms with E-state index in [9.17, 15) is 4.79 Å². The predicted molar refractivity (Wildman–Crippen MR) is 82.7 cm³/mol. The van der Waals surface area contributed by atoms with E-state index < -0.39 is 0 Å². The Morgan fingerprint density at radius 1 is 1.48 bits per heavy atom. The molecule has 0 aromatic heterocycles. The monoisotopic (exact) mass is 289 g/mol. The summed E-state index contributed by atoms with van der Waals surface area (Å²) in [5, 5.41) is 11.6. The second-order valence-corrected chi connectivity index (χ2v) is 4.74. The van der Waals surface area contributed by atoms with Crippen molar-refractivity contribution in [3.8, 4) is 11.8 Å². The van der Waals surface area contributed by atoms with Crippen LogP contribution in [0.3, 0.4) is 0 Å². The first-order valence-electron chi connectivity index (χ1n) is 7.24. The van der Waals surface area contributed by atoms with Crippen LogP contribution in [0.1, 0.15) is 43.9 Å². The molecule has 21 heavy (non-hydrogen) atoms. The summed E-state index contributed by atoms with van der Waals surface area (Å²) >= 11 is 0. The van der Waals surface area contributed by atoms with Crippen molar-refractivity contribution in [1.82, 2.24) is 5.32 Å². The molecule has 0 spiro atoms. The third-order valence-corrected chi connectivity index (χ3v) is 2.82. The van der Waals surface area contributed by atoms with Crippen molar-refractivity contribution < 1.29 is 14.6 Å². The van der Waals surface area contributed by atoms with E-state index in [0.29, 0.717) is 13.0 Å². The molecule has 4 heteroatoms. The van der Waals surface area contributed by atoms with Gasteiger partial charge in [-0.3, -0.25) is 4.79 Å². The Kier molecular flexibility index (Phi) is 8.18. The highest BCUT2D eigenvalue weighted by Crippen LogP contribution is 2.13. The van der Waals surface area contributed by atoms with Gasteiger partial charge in [0.05, 0.1) is 12.6 Å². The van der Waals surface area contributed by atoms with E-state index >= 15 is 0 Å². The van der Waals surface area contributed by atoms with Gasteiger partial charge in [-0.1, -0.05) is 30.9 Å². The summed E-state index contributed by atoms with van der Waals surface area (Å²) in [5.74, 6) is 5.76. The maximum absolute atomic E-state index is 11.7. The zero-order valence-electron chi connectivity index (χ0n) is 12.7. The second-order valence-electron chi connectivity index (χ2n) is 4.74. The summed E-state index contributed by atoms with van der Waals surface area (Å²) in [6.07, 6.45) is 1.36. The van der Waals surface area contributed by atoms with Gasteiger partial charge in [-0.2, -0.15) is 0 Å². The second kappa shape index (κ2) is 9.98. The first-order valence-corrected chi connectivity index (χ1v) is 7.24. The number of amides is 1. The van der Waals surface area contributed by atoms with Gasteiger partial charge in [0, 0.05) is 18.6 Å². The van der Waals surface area contributed by atoms with Crippen LogP contribution in [0.25, 0.3) is 0 Å². The van der Waals surface area contributed by atoms with Crippen LogP contribution in [0.4, 0.5) is 0 Å². The van der Waals surface area contributed by atoms with E-state index in [2.05, 4.69) is 17.2 Å². The number of nitrogens with one attached hydrogen (secondary N) is 1. The Bertz CT molecular complexity index is 502. The summed E-state index contributed by atoms with van der Waals surface area (Å²) in [6, 6.07) is 7.63. The lowest BCUT2D eigenvalue weighted by molar-refractivity contribution is -0.126. The number of hydrogen-bond donors (Lipinski definition) is 2. The van der Waals surface area contributed by atoms with E-state index in [1.807, 2.05) is 38.1 Å². The fourth-order valence-electron chi connectivity index (χ4n) is 1.78. The first-order chi connectivity index (χ1) is 10.2. The molecule has 1 unspecified atom stereocenters. The van der Waals surface area contributed by atoms with Crippen LogP contribution in [-0.2, 0) is 9.53 Å². The smallest absolute Gasteiger partial charge is 0.246 e. The predicted octanol–water partition coefficient (Wildman–Crippen LogP) is 2.02. The summed E-state index contributed by atoms with van der Waals surface area (Å²) in [7, 11) is 0. The number of benzene rings is 1. The van der Waals surface area contributed by atoms with Crippen LogP contribution < -0.4 is 5.32 Å². The molecule has 0 aliphatic heterocycles. The Hall–Kier alpha value is -1.83. The molecule has 0 bridgehead atoms. The van der Waals surface area contributed by atoms with Crippen molar-refractivity contribution in [2.75, 3.05) is 19.8 Å². The number of ether oxygens (including phenoxy) is 1. The zero-order chi connectivity index (χ0) is 15.5. The molecular weight excluding hydrogens is 266 g/mol. The van der Waals surface area contributed by atoms with Crippen LogP contribution >= 0.6 is 0 Å². The lowest BCUT2D eigenvalue weighted by Gasteiger charge is -2.14. The average molecular weight is 289 g/mol. The zero-order valence-corrected chi connectivity index (χ0v) is 12.7. The molecule has 0 aliphatic rings. The molecule has 4 nitrogen and oxygen atoms in total. The van der Waals surface area contributed by atoms with E-state index in [1.54, 1.807) is 0 Å². The van der Waals surface area contributed by atoms with E-state index in [0.717, 1.165) is 17.5 Å². The van der Waals surface area contributed by atoms with Gasteiger partial charge in [0.25, 0.3) is 0 Å². The largest absolute Gasteiger partial charge is 0.395 e. The van der Waals surface area contributed by atoms with Crippen molar-refractivity contribution in [1.29, 1.82) is 0 Å². The maximum atomic E-state index is 11.7. The minimum Gasteiger partial charge on any atom is -0.395 e. The number of rotatable bonds is 7. The van der Waals surface area contributed by atoms with Gasteiger partial charge in [-0.15, -0.1) is 0 Å². The number of aliphatic hydroxyl groups excluding tert-OH is 1. The van der Waals surface area contributed by atoms with E-state index in [1.165, 1.54) is 0 Å². The van der Waals surface area contributed by atoms with Gasteiger partial charge < -0.3 is 15.2 Å². The van der Waals surface area contributed by atoms with Crippen LogP contribution in [0.15, 0.2) is 24.3 Å². The van der Waals surface area contributed by atoms with Crippen LogP contribution in [-0.4, -0.2) is 30.8 Å². The Balaban J connectivity index is 2.58. The summed E-state index contributed by atoms with van der Waals surface area (Å²) < 4.78 is 5.21. The highest BCUT2D eigenvalue weighted by atomic mass is 16.5. The quantitative estimate of drug-likeness (QED) is 0.596. The molecule has 0 fully saturated rings. The topological polar surface area (TPSA) is 58.6 Å². The summed E-state index contributed by atoms with van der Waals surface area (Å²) in [4.78, 5) is 11.7. The minimum atomic E-state index is -0.118. The van der Waals surface area contributed by atoms with Crippen molar-refractivity contribution in [2.24, 2.45) is 0 Å². The maximum Gasteiger partial charge on any atom is 0.246 e. The molecule has 1 rings (SSSR count). The van der Waals surface area contributed by atoms with Crippen molar-refractivity contribution in [3.63, 3.8) is 0 Å². The molecule has 2 N–H and O–H groups in total. The van der Waals surface area contributed by atoms with Crippen molar-refractivity contribution in [3.05, 3.63) is 35.4 Å². The molecule has 0 saturated heterocycles. The van der Waals surface area contributed by atoms with Crippen molar-refractivity contribution >= 4 is 5.91 Å². The third kappa shape index (κ3) is 6.94. The highest BCUT2D eigenvalue weighted by molar-refractivity contribution is 5.77. The summed E-state index contributed by atoms with van der Waals surface area (Å²) in [6.45, 7) is 4.69. The lowest BCUT2D eigenvalue weighted by atomic mass is 10.1. The first kappa shape index (κ1) is 17.2. The molecule has 0 heterocycles. The molecule has 0 radical (unpaired) electrons. The van der Waals surface area contributed by atoms with Gasteiger partial charge in [0.15, 0.2) is 0 Å². The van der Waals surface area contributed by atoms with Crippen LogP contribution in [0.2, 0.25) is 0 Å². The minimum absolute atomic E-state index is 0.0664. The molecule has 1 amide bonds. The fourth-order valence-corrected chi connectivity index (χ4v) is 1.78. The Labute approximate surface area is 126 Å². The SMILES string of the molecule is CCCOCC(=O)NC(C)c1cccc(C#CCCO)c1. The molecule has 0 aliphatic carbocycles. The number of carbonyl (C=O) groups excluding carboxylic acids is 1. The number of hydrogen-bond acceptors (Lipinski definition) is 3. The molecule has 1 atom stereocenters. The Morgan fingerprint density at radius 3 is 3.00 bits per heavy atom. The molecule has 1 aromatic carbocycles.